The molecule has 0 saturated carbocycles. The molecule has 2 aromatic rings. The van der Waals surface area contributed by atoms with Crippen molar-refractivity contribution in [1.82, 2.24) is 4.98 Å². The summed E-state index contributed by atoms with van der Waals surface area (Å²) in [7, 11) is 0. The number of carbonyl (C=O) groups excluding carboxylic acids is 1. The van der Waals surface area contributed by atoms with Gasteiger partial charge in [-0.2, -0.15) is 0 Å². The maximum atomic E-state index is 15.6. The van der Waals surface area contributed by atoms with Crippen molar-refractivity contribution in [3.05, 3.63) is 58.6 Å². The van der Waals surface area contributed by atoms with Crippen molar-refractivity contribution in [2.75, 3.05) is 24.3 Å². The Balaban J connectivity index is 1.70. The van der Waals surface area contributed by atoms with E-state index in [0.29, 0.717) is 5.02 Å². The Morgan fingerprint density at radius 2 is 2.14 bits per heavy atom. The molecule has 2 aliphatic heterocycles. The van der Waals surface area contributed by atoms with Gasteiger partial charge >= 0.3 is 0 Å². The van der Waals surface area contributed by atoms with Gasteiger partial charge in [0.05, 0.1) is 18.2 Å². The largest absolute Gasteiger partial charge is 0.379 e. The number of hydrogen-bond acceptors (Lipinski definition) is 6. The number of amides is 1. The van der Waals surface area contributed by atoms with Gasteiger partial charge in [0.15, 0.2) is 16.4 Å². The highest BCUT2D eigenvalue weighted by Crippen LogP contribution is 2.50. The van der Waals surface area contributed by atoms with Crippen molar-refractivity contribution in [2.45, 2.75) is 11.2 Å². The summed E-state index contributed by atoms with van der Waals surface area (Å²) in [5.74, 6) is -1.16. The van der Waals surface area contributed by atoms with Crippen LogP contribution in [0.3, 0.4) is 0 Å². The summed E-state index contributed by atoms with van der Waals surface area (Å²) in [5, 5.41) is 3.18. The molecule has 1 fully saturated rings. The van der Waals surface area contributed by atoms with Gasteiger partial charge in [0, 0.05) is 23.2 Å². The van der Waals surface area contributed by atoms with Crippen LogP contribution in [0.4, 0.5) is 14.5 Å². The number of nitrogens with one attached hydrogen (secondary N) is 1. The van der Waals surface area contributed by atoms with E-state index < -0.39 is 22.9 Å². The van der Waals surface area contributed by atoms with Gasteiger partial charge < -0.3 is 15.8 Å². The number of halogens is 3. The summed E-state index contributed by atoms with van der Waals surface area (Å²) in [5.41, 5.74) is 2.71. The number of ether oxygens (including phenoxy) is 1. The number of nitrogens with zero attached hydrogens (tertiary/aromatic N) is 2. The SMILES string of the molecule is NC1=NC2(c3cc(NC(=O)c4ccc(Cl)cn4)ccc3F)COCC2(F)CS1. The normalized spacial score (nSPS) is 26.5. The lowest BCUT2D eigenvalue weighted by Crippen LogP contribution is -2.52. The highest BCUT2D eigenvalue weighted by molar-refractivity contribution is 8.13. The molecule has 28 heavy (non-hydrogen) atoms. The van der Waals surface area contributed by atoms with E-state index in [2.05, 4.69) is 15.3 Å². The molecule has 0 radical (unpaired) electrons. The Kier molecular flexibility index (Phi) is 4.76. The Morgan fingerprint density at radius 1 is 1.32 bits per heavy atom. The average molecular weight is 425 g/mol. The molecule has 1 saturated heterocycles. The third-order valence-electron chi connectivity index (χ3n) is 4.76. The van der Waals surface area contributed by atoms with Gasteiger partial charge in [-0.3, -0.25) is 4.79 Å². The fourth-order valence-electron chi connectivity index (χ4n) is 3.32. The first kappa shape index (κ1) is 19.1. The van der Waals surface area contributed by atoms with E-state index in [1.54, 1.807) is 0 Å². The number of aliphatic imine (C=N–C) groups is 1. The number of pyridine rings is 1. The van der Waals surface area contributed by atoms with Crippen LogP contribution in [0.1, 0.15) is 16.1 Å². The number of anilines is 1. The van der Waals surface area contributed by atoms with Gasteiger partial charge in [-0.05, 0) is 30.3 Å². The van der Waals surface area contributed by atoms with Crippen LogP contribution in [0.15, 0.2) is 41.5 Å². The van der Waals surface area contributed by atoms with Crippen LogP contribution in [0.5, 0.6) is 0 Å². The van der Waals surface area contributed by atoms with Crippen molar-refractivity contribution >= 4 is 40.1 Å². The average Bonchev–Trinajstić information content (AvgIpc) is 3.01. The summed E-state index contributed by atoms with van der Waals surface area (Å²) in [6.07, 6.45) is 1.34. The number of alkyl halides is 1. The van der Waals surface area contributed by atoms with Crippen LogP contribution in [-0.2, 0) is 10.3 Å². The molecule has 1 aromatic heterocycles. The smallest absolute Gasteiger partial charge is 0.274 e. The van der Waals surface area contributed by atoms with Gasteiger partial charge in [0.2, 0.25) is 0 Å². The number of hydrogen-bond donors (Lipinski definition) is 2. The zero-order valence-corrected chi connectivity index (χ0v) is 16.0. The second-order valence-corrected chi connectivity index (χ2v) is 8.00. The summed E-state index contributed by atoms with van der Waals surface area (Å²) >= 11 is 6.84. The minimum atomic E-state index is -1.90. The third kappa shape index (κ3) is 3.13. The number of rotatable bonds is 3. The molecule has 1 aromatic carbocycles. The number of amidine groups is 1. The highest BCUT2D eigenvalue weighted by atomic mass is 35.5. The molecule has 3 N–H and O–H groups in total. The molecule has 3 heterocycles. The van der Waals surface area contributed by atoms with Crippen molar-refractivity contribution < 1.29 is 18.3 Å². The fourth-order valence-corrected chi connectivity index (χ4v) is 4.35. The Morgan fingerprint density at radius 3 is 2.89 bits per heavy atom. The van der Waals surface area contributed by atoms with Crippen molar-refractivity contribution in [2.24, 2.45) is 10.7 Å². The van der Waals surface area contributed by atoms with E-state index >= 15 is 4.39 Å². The monoisotopic (exact) mass is 424 g/mol. The summed E-state index contributed by atoms with van der Waals surface area (Å²) in [4.78, 5) is 20.6. The molecule has 4 rings (SSSR count). The topological polar surface area (TPSA) is 89.6 Å². The lowest BCUT2D eigenvalue weighted by Gasteiger charge is -2.38. The van der Waals surface area contributed by atoms with Crippen molar-refractivity contribution in [1.29, 1.82) is 0 Å². The fraction of sp³-hybridized carbons (Fsp3) is 0.278. The highest BCUT2D eigenvalue weighted by Gasteiger charge is 2.61. The van der Waals surface area contributed by atoms with Crippen LogP contribution in [0, 0.1) is 5.82 Å². The molecule has 2 atom stereocenters. The molecule has 2 aliphatic rings. The second kappa shape index (κ2) is 6.98. The minimum Gasteiger partial charge on any atom is -0.379 e. The third-order valence-corrected chi connectivity index (χ3v) is 5.98. The summed E-state index contributed by atoms with van der Waals surface area (Å²) < 4.78 is 35.6. The van der Waals surface area contributed by atoms with E-state index in [-0.39, 0.29) is 41.1 Å². The molecule has 0 spiro atoms. The van der Waals surface area contributed by atoms with Gasteiger partial charge in [-0.15, -0.1) is 0 Å². The molecule has 0 aliphatic carbocycles. The van der Waals surface area contributed by atoms with Gasteiger partial charge in [0.25, 0.3) is 5.91 Å². The number of benzene rings is 1. The van der Waals surface area contributed by atoms with Crippen LogP contribution in [-0.4, -0.2) is 40.7 Å². The molecule has 0 bridgehead atoms. The lowest BCUT2D eigenvalue weighted by molar-refractivity contribution is 0.102. The number of aromatic nitrogens is 1. The van der Waals surface area contributed by atoms with E-state index in [1.807, 2.05) is 0 Å². The zero-order chi connectivity index (χ0) is 19.9. The number of nitrogens with two attached hydrogens (primary N) is 1. The molecule has 10 heteroatoms. The maximum absolute atomic E-state index is 15.6. The first-order chi connectivity index (χ1) is 13.3. The molecular formula is C18H15ClF2N4O2S. The van der Waals surface area contributed by atoms with Crippen LogP contribution in [0.25, 0.3) is 0 Å². The number of carbonyl (C=O) groups is 1. The summed E-state index contributed by atoms with van der Waals surface area (Å²) in [6, 6.07) is 6.88. The zero-order valence-electron chi connectivity index (χ0n) is 14.4. The van der Waals surface area contributed by atoms with Gasteiger partial charge in [-0.25, -0.2) is 18.8 Å². The second-order valence-electron chi connectivity index (χ2n) is 6.57. The molecule has 6 nitrogen and oxygen atoms in total. The van der Waals surface area contributed by atoms with Crippen LogP contribution in [0.2, 0.25) is 5.02 Å². The van der Waals surface area contributed by atoms with Gasteiger partial charge in [-0.1, -0.05) is 23.4 Å². The maximum Gasteiger partial charge on any atom is 0.274 e. The van der Waals surface area contributed by atoms with Crippen LogP contribution < -0.4 is 11.1 Å². The standard InChI is InChI=1S/C18H15ClF2N4O2S/c19-10-1-4-14(23-6-10)15(26)24-11-2-3-13(20)12(5-11)18-8-27-7-17(18,21)9-28-16(22)25-18/h1-6H,7-9H2,(H2,22,25)(H,24,26). The van der Waals surface area contributed by atoms with Gasteiger partial charge in [0.1, 0.15) is 11.5 Å². The molecule has 146 valence electrons. The van der Waals surface area contributed by atoms with E-state index in [9.17, 15) is 9.18 Å². The molecule has 1 amide bonds. The quantitative estimate of drug-likeness (QED) is 0.790. The Hall–Kier alpha value is -2.23. The Labute approximate surface area is 168 Å². The van der Waals surface area contributed by atoms with Crippen LogP contribution >= 0.6 is 23.4 Å². The number of fused-ring (bicyclic) bond motifs is 1. The number of thioether (sulfide) groups is 1. The van der Waals surface area contributed by atoms with Crippen molar-refractivity contribution in [3.8, 4) is 0 Å². The first-order valence-corrected chi connectivity index (χ1v) is 9.67. The van der Waals surface area contributed by atoms with E-state index in [0.717, 1.165) is 17.8 Å². The predicted molar refractivity (Wildman–Crippen MR) is 104 cm³/mol. The van der Waals surface area contributed by atoms with E-state index in [1.165, 1.54) is 30.5 Å². The van der Waals surface area contributed by atoms with Crippen molar-refractivity contribution in [3.63, 3.8) is 0 Å². The predicted octanol–water partition coefficient (Wildman–Crippen LogP) is 3.12. The van der Waals surface area contributed by atoms with E-state index in [4.69, 9.17) is 22.1 Å². The first-order valence-electron chi connectivity index (χ1n) is 8.31. The Bertz CT molecular complexity index is 975. The minimum absolute atomic E-state index is 0.00700. The molecular weight excluding hydrogens is 410 g/mol. The lowest BCUT2D eigenvalue weighted by atomic mass is 9.79. The molecule has 2 unspecified atom stereocenters. The summed E-state index contributed by atoms with van der Waals surface area (Å²) in [6.45, 7) is -0.348.